The molecular formula is C32H44F3NO5S. The van der Waals surface area contributed by atoms with Crippen LogP contribution >= 0.6 is 0 Å². The SMILES string of the molecule is O=S(=O)(CCCN(CCCO)CCCCCCC1=C(c2cccc(O)c2)CCCc2cc(O)ccc21)CCC(F)(F)F. The summed E-state index contributed by atoms with van der Waals surface area (Å²) in [6.45, 7) is 1.84. The summed E-state index contributed by atoms with van der Waals surface area (Å²) in [7, 11) is -3.76. The fourth-order valence-electron chi connectivity index (χ4n) is 5.65. The number of aryl methyl sites for hydroxylation is 1. The molecule has 0 aromatic heterocycles. The van der Waals surface area contributed by atoms with Gasteiger partial charge < -0.3 is 20.2 Å². The Kier molecular flexibility index (Phi) is 13.2. The summed E-state index contributed by atoms with van der Waals surface area (Å²) in [5.41, 5.74) is 5.80. The van der Waals surface area contributed by atoms with Crippen LogP contribution in [0.4, 0.5) is 13.2 Å². The van der Waals surface area contributed by atoms with Gasteiger partial charge in [0, 0.05) is 13.2 Å². The van der Waals surface area contributed by atoms with E-state index in [0.29, 0.717) is 19.5 Å². The van der Waals surface area contributed by atoms with Crippen LogP contribution in [0.5, 0.6) is 11.5 Å². The first-order chi connectivity index (χ1) is 20.0. The second-order valence-corrected chi connectivity index (χ2v) is 13.5. The minimum Gasteiger partial charge on any atom is -0.508 e. The van der Waals surface area contributed by atoms with Crippen LogP contribution in [-0.2, 0) is 16.3 Å². The van der Waals surface area contributed by atoms with Crippen LogP contribution in [0.25, 0.3) is 11.1 Å². The number of phenols is 2. The molecule has 3 rings (SSSR count). The van der Waals surface area contributed by atoms with Crippen LogP contribution in [0.1, 0.15) is 80.9 Å². The number of hydrogen-bond acceptors (Lipinski definition) is 6. The molecule has 42 heavy (non-hydrogen) atoms. The number of aliphatic hydroxyl groups excluding tert-OH is 1. The number of aliphatic hydroxyl groups is 1. The number of allylic oxidation sites excluding steroid dienone is 2. The smallest absolute Gasteiger partial charge is 0.390 e. The van der Waals surface area contributed by atoms with Crippen LogP contribution in [0.3, 0.4) is 0 Å². The molecule has 0 atom stereocenters. The third-order valence-electron chi connectivity index (χ3n) is 7.76. The molecule has 0 fully saturated rings. The predicted octanol–water partition coefficient (Wildman–Crippen LogP) is 6.74. The Hall–Kier alpha value is -2.56. The number of fused-ring (bicyclic) bond motifs is 1. The third kappa shape index (κ3) is 11.6. The molecule has 0 saturated heterocycles. The predicted molar refractivity (Wildman–Crippen MR) is 161 cm³/mol. The second kappa shape index (κ2) is 16.3. The average molecular weight is 612 g/mol. The maximum atomic E-state index is 12.4. The van der Waals surface area contributed by atoms with E-state index in [1.54, 1.807) is 12.1 Å². The zero-order valence-electron chi connectivity index (χ0n) is 24.2. The molecule has 6 nitrogen and oxygen atoms in total. The van der Waals surface area contributed by atoms with Gasteiger partial charge in [0.2, 0.25) is 0 Å². The highest BCUT2D eigenvalue weighted by Crippen LogP contribution is 2.40. The first kappa shape index (κ1) is 33.9. The van der Waals surface area contributed by atoms with Crippen LogP contribution in [0.2, 0.25) is 0 Å². The van der Waals surface area contributed by atoms with Crippen molar-refractivity contribution in [3.05, 3.63) is 59.2 Å². The van der Waals surface area contributed by atoms with Crippen molar-refractivity contribution in [3.63, 3.8) is 0 Å². The Morgan fingerprint density at radius 2 is 1.52 bits per heavy atom. The number of benzene rings is 2. The van der Waals surface area contributed by atoms with E-state index in [4.69, 9.17) is 0 Å². The van der Waals surface area contributed by atoms with Gasteiger partial charge in [0.25, 0.3) is 0 Å². The topological polar surface area (TPSA) is 98.1 Å². The first-order valence-electron chi connectivity index (χ1n) is 14.9. The largest absolute Gasteiger partial charge is 0.508 e. The molecule has 0 radical (unpaired) electrons. The number of nitrogens with zero attached hydrogens (tertiary/aromatic N) is 1. The van der Waals surface area contributed by atoms with E-state index in [0.717, 1.165) is 74.6 Å². The molecule has 1 aliphatic carbocycles. The van der Waals surface area contributed by atoms with Crippen LogP contribution in [0.15, 0.2) is 42.5 Å². The average Bonchev–Trinajstić information content (AvgIpc) is 3.10. The lowest BCUT2D eigenvalue weighted by Gasteiger charge is -2.22. The number of hydrogen-bond donors (Lipinski definition) is 3. The minimum absolute atomic E-state index is 0.0241. The van der Waals surface area contributed by atoms with Gasteiger partial charge in [-0.25, -0.2) is 8.42 Å². The normalized spacial score (nSPS) is 14.3. The van der Waals surface area contributed by atoms with Gasteiger partial charge in [0.05, 0.1) is 17.9 Å². The lowest BCUT2D eigenvalue weighted by Crippen LogP contribution is -2.29. The van der Waals surface area contributed by atoms with E-state index in [1.165, 1.54) is 11.1 Å². The Bertz CT molecular complexity index is 1280. The molecule has 2 aromatic carbocycles. The Morgan fingerprint density at radius 3 is 2.26 bits per heavy atom. The molecule has 10 heteroatoms. The fourth-order valence-corrected chi connectivity index (χ4v) is 6.97. The van der Waals surface area contributed by atoms with Crippen molar-refractivity contribution >= 4 is 21.0 Å². The second-order valence-electron chi connectivity index (χ2n) is 11.2. The number of halogens is 3. The van der Waals surface area contributed by atoms with Gasteiger partial charge in [-0.05, 0) is 117 Å². The van der Waals surface area contributed by atoms with Gasteiger partial charge in [-0.15, -0.1) is 0 Å². The van der Waals surface area contributed by atoms with Crippen LogP contribution in [0, 0.1) is 0 Å². The van der Waals surface area contributed by atoms with Crippen molar-refractivity contribution in [2.45, 2.75) is 76.8 Å². The summed E-state index contributed by atoms with van der Waals surface area (Å²) in [4.78, 5) is 2.09. The molecule has 3 N–H and O–H groups in total. The monoisotopic (exact) mass is 611 g/mol. The molecule has 0 spiro atoms. The quantitative estimate of drug-likeness (QED) is 0.172. The highest BCUT2D eigenvalue weighted by atomic mass is 32.2. The molecule has 2 aromatic rings. The van der Waals surface area contributed by atoms with E-state index in [2.05, 4.69) is 4.90 Å². The number of phenolic OH excluding ortho intramolecular Hbond substituents is 2. The number of sulfone groups is 1. The molecule has 0 amide bonds. The van der Waals surface area contributed by atoms with Crippen molar-refractivity contribution in [3.8, 4) is 11.5 Å². The summed E-state index contributed by atoms with van der Waals surface area (Å²) in [5.74, 6) is -0.644. The van der Waals surface area contributed by atoms with Crippen LogP contribution < -0.4 is 0 Å². The van der Waals surface area contributed by atoms with Crippen molar-refractivity contribution in [2.75, 3.05) is 37.7 Å². The van der Waals surface area contributed by atoms with E-state index in [-0.39, 0.29) is 30.3 Å². The van der Waals surface area contributed by atoms with Gasteiger partial charge in [-0.2, -0.15) is 13.2 Å². The summed E-state index contributed by atoms with van der Waals surface area (Å²) in [6, 6.07) is 12.9. The van der Waals surface area contributed by atoms with Crippen LogP contribution in [-0.4, -0.2) is 72.6 Å². The van der Waals surface area contributed by atoms with E-state index >= 15 is 0 Å². The number of unbranched alkanes of at least 4 members (excludes halogenated alkanes) is 3. The molecule has 1 aliphatic rings. The number of aromatic hydroxyl groups is 2. The molecule has 0 heterocycles. The Morgan fingerprint density at radius 1 is 0.810 bits per heavy atom. The van der Waals surface area contributed by atoms with E-state index in [9.17, 15) is 36.9 Å². The highest BCUT2D eigenvalue weighted by Gasteiger charge is 2.29. The zero-order valence-corrected chi connectivity index (χ0v) is 25.0. The third-order valence-corrected chi connectivity index (χ3v) is 9.49. The number of alkyl halides is 3. The van der Waals surface area contributed by atoms with Gasteiger partial charge in [0.15, 0.2) is 9.84 Å². The summed E-state index contributed by atoms with van der Waals surface area (Å²) in [5, 5.41) is 29.4. The first-order valence-corrected chi connectivity index (χ1v) is 16.7. The molecular weight excluding hydrogens is 567 g/mol. The summed E-state index contributed by atoms with van der Waals surface area (Å²) >= 11 is 0. The molecule has 0 unspecified atom stereocenters. The van der Waals surface area contributed by atoms with Crippen molar-refractivity contribution in [2.24, 2.45) is 0 Å². The van der Waals surface area contributed by atoms with Crippen molar-refractivity contribution in [1.82, 2.24) is 4.90 Å². The maximum absolute atomic E-state index is 12.4. The maximum Gasteiger partial charge on any atom is 0.390 e. The Labute approximate surface area is 247 Å². The van der Waals surface area contributed by atoms with E-state index < -0.39 is 28.2 Å². The minimum atomic E-state index is -4.48. The fraction of sp³-hybridized carbons (Fsp3) is 0.562. The van der Waals surface area contributed by atoms with Crippen molar-refractivity contribution < 1.29 is 36.9 Å². The molecule has 0 bridgehead atoms. The lowest BCUT2D eigenvalue weighted by molar-refractivity contribution is -0.129. The zero-order chi connectivity index (χ0) is 30.6. The van der Waals surface area contributed by atoms with Gasteiger partial charge in [-0.3, -0.25) is 0 Å². The van der Waals surface area contributed by atoms with E-state index in [1.807, 2.05) is 30.3 Å². The molecule has 0 aliphatic heterocycles. The summed E-state index contributed by atoms with van der Waals surface area (Å²) in [6.07, 6.45) is 2.44. The van der Waals surface area contributed by atoms with Gasteiger partial charge >= 0.3 is 6.18 Å². The summed E-state index contributed by atoms with van der Waals surface area (Å²) < 4.78 is 61.2. The lowest BCUT2D eigenvalue weighted by atomic mass is 9.89. The van der Waals surface area contributed by atoms with Crippen molar-refractivity contribution in [1.29, 1.82) is 0 Å². The molecule has 0 saturated carbocycles. The number of rotatable bonds is 17. The Balaban J connectivity index is 1.54. The van der Waals surface area contributed by atoms with Gasteiger partial charge in [-0.1, -0.05) is 31.0 Å². The highest BCUT2D eigenvalue weighted by molar-refractivity contribution is 7.91. The van der Waals surface area contributed by atoms with Gasteiger partial charge in [0.1, 0.15) is 11.5 Å². The standard InChI is InChI=1S/C32H44F3NO5S/c33-32(34,35)16-22-42(40,41)21-8-19-36(18-7-20-37)17-4-2-1-3-12-31-29(25-9-5-11-27(38)23-25)13-6-10-26-24-28(39)14-15-30(26)31/h5,9,11,14-15,23-24,37-39H,1-4,6-8,10,12-13,16-22H2. The molecule has 234 valence electrons.